The van der Waals surface area contributed by atoms with Crippen LogP contribution in [0.1, 0.15) is 24.5 Å². The van der Waals surface area contributed by atoms with Gasteiger partial charge in [0.15, 0.2) is 0 Å². The molecule has 0 amide bonds. The number of hydrogen-bond acceptors (Lipinski definition) is 3. The van der Waals surface area contributed by atoms with E-state index in [1.165, 1.54) is 5.56 Å². The Balaban J connectivity index is 1.86. The van der Waals surface area contributed by atoms with Crippen molar-refractivity contribution in [2.24, 2.45) is 0 Å². The maximum absolute atomic E-state index is 8.99. The van der Waals surface area contributed by atoms with E-state index in [2.05, 4.69) is 24.4 Å². The second-order valence-electron chi connectivity index (χ2n) is 4.70. The van der Waals surface area contributed by atoms with Gasteiger partial charge in [-0.25, -0.2) is 0 Å². The molecule has 0 saturated heterocycles. The zero-order chi connectivity index (χ0) is 14.2. The smallest absolute Gasteiger partial charge is 0.119 e. The number of benzene rings is 2. The molecule has 0 heterocycles. The van der Waals surface area contributed by atoms with Crippen molar-refractivity contribution in [2.45, 2.75) is 26.5 Å². The van der Waals surface area contributed by atoms with Crippen molar-refractivity contribution in [1.82, 2.24) is 0 Å². The molecule has 0 aromatic heterocycles. The molecule has 3 nitrogen and oxygen atoms in total. The molecule has 20 heavy (non-hydrogen) atoms. The fourth-order valence-corrected chi connectivity index (χ4v) is 1.86. The highest BCUT2D eigenvalue weighted by Gasteiger charge is 1.97. The highest BCUT2D eigenvalue weighted by molar-refractivity contribution is 5.45. The highest BCUT2D eigenvalue weighted by atomic mass is 16.5. The monoisotopic (exact) mass is 271 g/mol. The van der Waals surface area contributed by atoms with Crippen LogP contribution in [0.3, 0.4) is 0 Å². The Morgan fingerprint density at radius 2 is 1.60 bits per heavy atom. The van der Waals surface area contributed by atoms with E-state index in [0.29, 0.717) is 0 Å². The van der Waals surface area contributed by atoms with Crippen LogP contribution >= 0.6 is 0 Å². The van der Waals surface area contributed by atoms with Crippen molar-refractivity contribution in [2.75, 3.05) is 11.9 Å². The van der Waals surface area contributed by atoms with E-state index in [1.54, 1.807) is 0 Å². The molecular weight excluding hydrogens is 250 g/mol. The van der Waals surface area contributed by atoms with Gasteiger partial charge in [-0.2, -0.15) is 0 Å². The number of aliphatic hydroxyl groups is 1. The van der Waals surface area contributed by atoms with E-state index in [0.717, 1.165) is 36.6 Å². The zero-order valence-electron chi connectivity index (χ0n) is 11.8. The predicted octanol–water partition coefficient (Wildman–Crippen LogP) is 3.58. The van der Waals surface area contributed by atoms with E-state index in [-0.39, 0.29) is 6.61 Å². The summed E-state index contributed by atoms with van der Waals surface area (Å²) in [6.07, 6.45) is 1.02. The lowest BCUT2D eigenvalue weighted by Gasteiger charge is -2.09. The zero-order valence-corrected chi connectivity index (χ0v) is 11.8. The third-order valence-corrected chi connectivity index (χ3v) is 3.03. The molecule has 3 heteroatoms. The third-order valence-electron chi connectivity index (χ3n) is 3.03. The van der Waals surface area contributed by atoms with Crippen LogP contribution < -0.4 is 10.1 Å². The first kappa shape index (κ1) is 14.4. The van der Waals surface area contributed by atoms with Crippen LogP contribution in [0.15, 0.2) is 48.5 Å². The first-order valence-electron chi connectivity index (χ1n) is 6.97. The minimum absolute atomic E-state index is 0.0828. The number of rotatable bonds is 7. The van der Waals surface area contributed by atoms with Gasteiger partial charge in [0.25, 0.3) is 0 Å². The summed E-state index contributed by atoms with van der Waals surface area (Å²) in [5.74, 6) is 0.919. The molecule has 0 aliphatic carbocycles. The van der Waals surface area contributed by atoms with Crippen LogP contribution in [0.25, 0.3) is 0 Å². The first-order chi connectivity index (χ1) is 9.81. The summed E-state index contributed by atoms with van der Waals surface area (Å²) in [4.78, 5) is 0. The lowest BCUT2D eigenvalue weighted by Crippen LogP contribution is -2.00. The predicted molar refractivity (Wildman–Crippen MR) is 81.9 cm³/mol. The average molecular weight is 271 g/mol. The molecule has 0 atom stereocenters. The summed E-state index contributed by atoms with van der Waals surface area (Å²) >= 11 is 0. The van der Waals surface area contributed by atoms with Gasteiger partial charge >= 0.3 is 0 Å². The van der Waals surface area contributed by atoms with Crippen LogP contribution in [-0.4, -0.2) is 11.7 Å². The van der Waals surface area contributed by atoms with Crippen LogP contribution in [-0.2, 0) is 13.2 Å². The van der Waals surface area contributed by atoms with Gasteiger partial charge in [-0.15, -0.1) is 0 Å². The molecule has 0 unspecified atom stereocenters. The minimum atomic E-state index is 0.0828. The molecule has 0 bridgehead atoms. The summed E-state index contributed by atoms with van der Waals surface area (Å²) in [5.41, 5.74) is 3.18. The van der Waals surface area contributed by atoms with Crippen LogP contribution in [0, 0.1) is 0 Å². The van der Waals surface area contributed by atoms with Gasteiger partial charge in [0.1, 0.15) is 5.75 Å². The second kappa shape index (κ2) is 7.56. The van der Waals surface area contributed by atoms with Crippen LogP contribution in [0.2, 0.25) is 0 Å². The Bertz CT molecular complexity index is 506. The molecule has 0 aliphatic heterocycles. The molecule has 2 N–H and O–H groups in total. The molecule has 0 fully saturated rings. The van der Waals surface area contributed by atoms with E-state index in [9.17, 15) is 0 Å². The van der Waals surface area contributed by atoms with Crippen molar-refractivity contribution in [3.63, 3.8) is 0 Å². The molecule has 106 valence electrons. The molecule has 2 aromatic rings. The summed E-state index contributed by atoms with van der Waals surface area (Å²) in [5, 5.41) is 12.3. The van der Waals surface area contributed by atoms with Crippen molar-refractivity contribution in [3.8, 4) is 5.75 Å². The SMILES string of the molecule is CCCOc1ccc(CNc2ccc(CO)cc2)cc1. The largest absolute Gasteiger partial charge is 0.494 e. The minimum Gasteiger partial charge on any atom is -0.494 e. The quantitative estimate of drug-likeness (QED) is 0.808. The van der Waals surface area contributed by atoms with Gasteiger partial charge in [0, 0.05) is 12.2 Å². The van der Waals surface area contributed by atoms with E-state index in [1.807, 2.05) is 36.4 Å². The van der Waals surface area contributed by atoms with Crippen molar-refractivity contribution < 1.29 is 9.84 Å². The van der Waals surface area contributed by atoms with Crippen molar-refractivity contribution >= 4 is 5.69 Å². The second-order valence-corrected chi connectivity index (χ2v) is 4.70. The number of hydrogen-bond donors (Lipinski definition) is 2. The van der Waals surface area contributed by atoms with Gasteiger partial charge in [-0.3, -0.25) is 0 Å². The summed E-state index contributed by atoms with van der Waals surface area (Å²) in [7, 11) is 0. The van der Waals surface area contributed by atoms with Gasteiger partial charge in [-0.05, 0) is 41.8 Å². The van der Waals surface area contributed by atoms with Gasteiger partial charge < -0.3 is 15.2 Å². The fourth-order valence-electron chi connectivity index (χ4n) is 1.86. The molecule has 0 saturated carbocycles. The fraction of sp³-hybridized carbons (Fsp3) is 0.294. The Hall–Kier alpha value is -2.00. The standard InChI is InChI=1S/C17H21NO2/c1-2-11-20-17-9-5-14(6-10-17)12-18-16-7-3-15(13-19)4-8-16/h3-10,18-19H,2,11-13H2,1H3. The average Bonchev–Trinajstić information content (AvgIpc) is 2.52. The number of anilines is 1. The Morgan fingerprint density at radius 1 is 0.950 bits per heavy atom. The van der Waals surface area contributed by atoms with E-state index < -0.39 is 0 Å². The summed E-state index contributed by atoms with van der Waals surface area (Å²) in [6.45, 7) is 3.71. The Labute approximate surface area is 120 Å². The van der Waals surface area contributed by atoms with Crippen LogP contribution in [0.5, 0.6) is 5.75 Å². The molecule has 2 aromatic carbocycles. The number of nitrogens with one attached hydrogen (secondary N) is 1. The summed E-state index contributed by atoms with van der Waals surface area (Å²) < 4.78 is 5.55. The maximum atomic E-state index is 8.99. The lowest BCUT2D eigenvalue weighted by atomic mass is 10.2. The molecule has 0 aliphatic rings. The Kier molecular flexibility index (Phi) is 5.44. The topological polar surface area (TPSA) is 41.5 Å². The van der Waals surface area contributed by atoms with Gasteiger partial charge in [0.05, 0.1) is 13.2 Å². The number of aliphatic hydroxyl groups excluding tert-OH is 1. The summed E-state index contributed by atoms with van der Waals surface area (Å²) in [6, 6.07) is 15.9. The van der Waals surface area contributed by atoms with E-state index >= 15 is 0 Å². The normalized spacial score (nSPS) is 10.3. The molecule has 2 rings (SSSR count). The van der Waals surface area contributed by atoms with Crippen molar-refractivity contribution in [3.05, 3.63) is 59.7 Å². The van der Waals surface area contributed by atoms with Crippen molar-refractivity contribution in [1.29, 1.82) is 0 Å². The maximum Gasteiger partial charge on any atom is 0.119 e. The first-order valence-corrected chi connectivity index (χ1v) is 6.97. The van der Waals surface area contributed by atoms with E-state index in [4.69, 9.17) is 9.84 Å². The number of ether oxygens (including phenoxy) is 1. The molecule has 0 radical (unpaired) electrons. The highest BCUT2D eigenvalue weighted by Crippen LogP contribution is 2.15. The molecule has 0 spiro atoms. The van der Waals surface area contributed by atoms with Gasteiger partial charge in [-0.1, -0.05) is 31.2 Å². The Morgan fingerprint density at radius 3 is 2.20 bits per heavy atom. The van der Waals surface area contributed by atoms with Gasteiger partial charge in [0.2, 0.25) is 0 Å². The lowest BCUT2D eigenvalue weighted by molar-refractivity contribution is 0.282. The molecular formula is C17H21NO2. The third kappa shape index (κ3) is 4.28. The van der Waals surface area contributed by atoms with Crippen LogP contribution in [0.4, 0.5) is 5.69 Å².